The molecule has 0 aromatic rings. The molecule has 94 valence electrons. The van der Waals surface area contributed by atoms with Crippen LogP contribution in [0.2, 0.25) is 0 Å². The predicted octanol–water partition coefficient (Wildman–Crippen LogP) is 1.15. The molecule has 0 saturated carbocycles. The van der Waals surface area contributed by atoms with Crippen LogP contribution >= 0.6 is 0 Å². The van der Waals surface area contributed by atoms with Gasteiger partial charge in [-0.3, -0.25) is 4.90 Å². The molecule has 2 aliphatic heterocycles. The number of likely N-dealkylation sites (tertiary alicyclic amines) is 1. The molecule has 3 heteroatoms. The Morgan fingerprint density at radius 3 is 2.88 bits per heavy atom. The summed E-state index contributed by atoms with van der Waals surface area (Å²) < 4.78 is 0. The molecule has 0 aliphatic carbocycles. The lowest BCUT2D eigenvalue weighted by molar-refractivity contribution is 0.126. The van der Waals surface area contributed by atoms with E-state index in [1.807, 2.05) is 0 Å². The summed E-state index contributed by atoms with van der Waals surface area (Å²) in [6.07, 6.45) is 5.61. The van der Waals surface area contributed by atoms with E-state index in [0.717, 1.165) is 12.1 Å². The summed E-state index contributed by atoms with van der Waals surface area (Å²) in [5.41, 5.74) is 0. The molecule has 0 amide bonds. The van der Waals surface area contributed by atoms with Crippen LogP contribution in [0.1, 0.15) is 32.6 Å². The first-order chi connectivity index (χ1) is 7.77. The van der Waals surface area contributed by atoms with Crippen LogP contribution < -0.4 is 5.32 Å². The van der Waals surface area contributed by atoms with E-state index in [4.69, 9.17) is 0 Å². The van der Waals surface area contributed by atoms with E-state index in [1.54, 1.807) is 0 Å². The molecule has 1 unspecified atom stereocenters. The molecule has 0 bridgehead atoms. The lowest BCUT2D eigenvalue weighted by atomic mass is 9.99. The third kappa shape index (κ3) is 3.19. The molecular formula is C13H27N3. The van der Waals surface area contributed by atoms with E-state index in [2.05, 4.69) is 29.1 Å². The first-order valence-electron chi connectivity index (χ1n) is 6.92. The van der Waals surface area contributed by atoms with Crippen molar-refractivity contribution >= 4 is 0 Å². The maximum atomic E-state index is 3.46. The number of piperazine rings is 1. The van der Waals surface area contributed by atoms with Crippen LogP contribution in [0.25, 0.3) is 0 Å². The SMILES string of the molecule is C[C@H]1CNCCN1CCC1CCCCN1C. The normalized spacial score (nSPS) is 34.1. The Balaban J connectivity index is 1.72. The molecule has 2 heterocycles. The monoisotopic (exact) mass is 225 g/mol. The van der Waals surface area contributed by atoms with Gasteiger partial charge in [-0.15, -0.1) is 0 Å². The lowest BCUT2D eigenvalue weighted by Gasteiger charge is -2.37. The second kappa shape index (κ2) is 5.99. The van der Waals surface area contributed by atoms with Gasteiger partial charge in [0.15, 0.2) is 0 Å². The summed E-state index contributed by atoms with van der Waals surface area (Å²) in [6, 6.07) is 1.57. The fourth-order valence-electron chi connectivity index (χ4n) is 3.04. The molecule has 2 rings (SSSR count). The zero-order valence-corrected chi connectivity index (χ0v) is 10.9. The molecule has 0 spiro atoms. The van der Waals surface area contributed by atoms with Gasteiger partial charge < -0.3 is 10.2 Å². The van der Waals surface area contributed by atoms with E-state index in [-0.39, 0.29) is 0 Å². The minimum Gasteiger partial charge on any atom is -0.314 e. The Kier molecular flexibility index (Phi) is 4.62. The molecule has 0 aromatic heterocycles. The van der Waals surface area contributed by atoms with Gasteiger partial charge in [0, 0.05) is 38.3 Å². The number of nitrogens with zero attached hydrogens (tertiary/aromatic N) is 2. The third-order valence-corrected chi connectivity index (χ3v) is 4.31. The van der Waals surface area contributed by atoms with Crippen molar-refractivity contribution in [2.45, 2.75) is 44.7 Å². The van der Waals surface area contributed by atoms with E-state index in [1.165, 1.54) is 58.4 Å². The van der Waals surface area contributed by atoms with Gasteiger partial charge in [0.05, 0.1) is 0 Å². The smallest absolute Gasteiger partial charge is 0.0192 e. The summed E-state index contributed by atoms with van der Waals surface area (Å²) >= 11 is 0. The van der Waals surface area contributed by atoms with E-state index < -0.39 is 0 Å². The average Bonchev–Trinajstić information content (AvgIpc) is 2.30. The zero-order chi connectivity index (χ0) is 11.4. The van der Waals surface area contributed by atoms with Crippen LogP contribution in [0, 0.1) is 0 Å². The van der Waals surface area contributed by atoms with Crippen LogP contribution in [-0.4, -0.2) is 61.7 Å². The summed E-state index contributed by atoms with van der Waals surface area (Å²) in [5.74, 6) is 0. The van der Waals surface area contributed by atoms with Gasteiger partial charge in [-0.25, -0.2) is 0 Å². The third-order valence-electron chi connectivity index (χ3n) is 4.31. The Morgan fingerprint density at radius 1 is 1.25 bits per heavy atom. The van der Waals surface area contributed by atoms with Crippen molar-refractivity contribution in [3.05, 3.63) is 0 Å². The zero-order valence-electron chi connectivity index (χ0n) is 10.9. The number of piperidine rings is 1. The van der Waals surface area contributed by atoms with Crippen LogP contribution in [0.3, 0.4) is 0 Å². The van der Waals surface area contributed by atoms with Gasteiger partial charge in [-0.1, -0.05) is 6.42 Å². The van der Waals surface area contributed by atoms with Gasteiger partial charge in [-0.05, 0) is 39.8 Å². The summed E-state index contributed by atoms with van der Waals surface area (Å²) in [5, 5.41) is 3.46. The topological polar surface area (TPSA) is 18.5 Å². The van der Waals surface area contributed by atoms with Crippen molar-refractivity contribution in [2.75, 3.05) is 39.8 Å². The van der Waals surface area contributed by atoms with Gasteiger partial charge in [0.2, 0.25) is 0 Å². The van der Waals surface area contributed by atoms with Gasteiger partial charge in [0.1, 0.15) is 0 Å². The Labute approximate surface area is 100 Å². The van der Waals surface area contributed by atoms with Crippen LogP contribution in [0.4, 0.5) is 0 Å². The van der Waals surface area contributed by atoms with Crippen molar-refractivity contribution in [1.29, 1.82) is 0 Å². The van der Waals surface area contributed by atoms with E-state index in [0.29, 0.717) is 0 Å². The average molecular weight is 225 g/mol. The largest absolute Gasteiger partial charge is 0.314 e. The van der Waals surface area contributed by atoms with Crippen molar-refractivity contribution in [3.63, 3.8) is 0 Å². The second-order valence-electron chi connectivity index (χ2n) is 5.51. The highest BCUT2D eigenvalue weighted by molar-refractivity contribution is 4.80. The molecule has 2 atom stereocenters. The second-order valence-corrected chi connectivity index (χ2v) is 5.51. The quantitative estimate of drug-likeness (QED) is 0.777. The fraction of sp³-hybridized carbons (Fsp3) is 1.00. The highest BCUT2D eigenvalue weighted by Crippen LogP contribution is 2.18. The molecule has 2 saturated heterocycles. The first kappa shape index (κ1) is 12.3. The molecule has 3 nitrogen and oxygen atoms in total. The lowest BCUT2D eigenvalue weighted by Crippen LogP contribution is -2.51. The van der Waals surface area contributed by atoms with Crippen LogP contribution in [0.5, 0.6) is 0 Å². The van der Waals surface area contributed by atoms with E-state index >= 15 is 0 Å². The van der Waals surface area contributed by atoms with Gasteiger partial charge >= 0.3 is 0 Å². The minimum absolute atomic E-state index is 0.725. The number of hydrogen-bond donors (Lipinski definition) is 1. The maximum Gasteiger partial charge on any atom is 0.0192 e. The van der Waals surface area contributed by atoms with Crippen molar-refractivity contribution in [1.82, 2.24) is 15.1 Å². The summed E-state index contributed by atoms with van der Waals surface area (Å²) in [7, 11) is 2.30. The molecule has 0 aromatic carbocycles. The Bertz CT molecular complexity index is 185. The number of hydrogen-bond acceptors (Lipinski definition) is 3. The molecule has 1 N–H and O–H groups in total. The van der Waals surface area contributed by atoms with Crippen LogP contribution in [0.15, 0.2) is 0 Å². The highest BCUT2D eigenvalue weighted by Gasteiger charge is 2.22. The van der Waals surface area contributed by atoms with Crippen molar-refractivity contribution in [2.24, 2.45) is 0 Å². The van der Waals surface area contributed by atoms with E-state index in [9.17, 15) is 0 Å². The predicted molar refractivity (Wildman–Crippen MR) is 68.8 cm³/mol. The number of nitrogens with one attached hydrogen (secondary N) is 1. The molecule has 0 radical (unpaired) electrons. The summed E-state index contributed by atoms with van der Waals surface area (Å²) in [4.78, 5) is 5.22. The minimum atomic E-state index is 0.725. The number of rotatable bonds is 3. The van der Waals surface area contributed by atoms with Crippen molar-refractivity contribution < 1.29 is 0 Å². The standard InChI is InChI=1S/C13H27N3/c1-12-11-14-7-10-16(12)9-6-13-5-3-4-8-15(13)2/h12-14H,3-11H2,1-2H3/t12-,13?/m0/s1. The van der Waals surface area contributed by atoms with Crippen LogP contribution in [-0.2, 0) is 0 Å². The van der Waals surface area contributed by atoms with Gasteiger partial charge in [0.25, 0.3) is 0 Å². The maximum absolute atomic E-state index is 3.46. The fourth-order valence-corrected chi connectivity index (χ4v) is 3.04. The Hall–Kier alpha value is -0.120. The molecule has 2 aliphatic rings. The Morgan fingerprint density at radius 2 is 2.12 bits per heavy atom. The van der Waals surface area contributed by atoms with Gasteiger partial charge in [-0.2, -0.15) is 0 Å². The molecular weight excluding hydrogens is 198 g/mol. The molecule has 16 heavy (non-hydrogen) atoms. The summed E-state index contributed by atoms with van der Waals surface area (Å²) in [6.45, 7) is 8.51. The first-order valence-corrected chi connectivity index (χ1v) is 6.92. The van der Waals surface area contributed by atoms with Crippen molar-refractivity contribution in [3.8, 4) is 0 Å². The highest BCUT2D eigenvalue weighted by atomic mass is 15.2. The molecule has 2 fully saturated rings.